The number of aryl methyl sites for hydroxylation is 1. The first kappa shape index (κ1) is 17.2. The van der Waals surface area contributed by atoms with Crippen molar-refractivity contribution >= 4 is 60.4 Å². The van der Waals surface area contributed by atoms with Crippen molar-refractivity contribution in [3.8, 4) is 5.69 Å². The summed E-state index contributed by atoms with van der Waals surface area (Å²) in [6.07, 6.45) is 1.56. The SMILES string of the molecule is Cc1[nH]n(-c2ccc(Br)cc2)c(=O)c1/C=N/c1nc2ccc(Cl)cc2s1. The molecule has 0 aliphatic heterocycles. The Morgan fingerprint density at radius 1 is 1.27 bits per heavy atom. The van der Waals surface area contributed by atoms with E-state index in [4.69, 9.17) is 11.6 Å². The Hall–Kier alpha value is -2.22. The average Bonchev–Trinajstić information content (AvgIpc) is 3.14. The van der Waals surface area contributed by atoms with Crippen LogP contribution in [0.25, 0.3) is 15.9 Å². The molecule has 0 fully saturated rings. The third-order valence-corrected chi connectivity index (χ3v) is 5.54. The van der Waals surface area contributed by atoms with Crippen molar-refractivity contribution in [2.45, 2.75) is 6.92 Å². The molecule has 0 bridgehead atoms. The molecule has 5 nitrogen and oxygen atoms in total. The van der Waals surface area contributed by atoms with Gasteiger partial charge >= 0.3 is 0 Å². The Morgan fingerprint density at radius 2 is 2.04 bits per heavy atom. The molecule has 8 heteroatoms. The smallest absolute Gasteiger partial charge is 0.280 e. The first-order valence-corrected chi connectivity index (χ1v) is 9.68. The predicted octanol–water partition coefficient (Wildman–Crippen LogP) is 5.25. The minimum absolute atomic E-state index is 0.155. The van der Waals surface area contributed by atoms with E-state index in [-0.39, 0.29) is 5.56 Å². The summed E-state index contributed by atoms with van der Waals surface area (Å²) in [6, 6.07) is 13.0. The number of nitrogens with one attached hydrogen (secondary N) is 1. The zero-order valence-corrected chi connectivity index (χ0v) is 16.7. The number of rotatable bonds is 3. The van der Waals surface area contributed by atoms with Crippen LogP contribution in [0, 0.1) is 6.92 Å². The van der Waals surface area contributed by atoms with Crippen molar-refractivity contribution in [3.05, 3.63) is 73.6 Å². The van der Waals surface area contributed by atoms with Crippen LogP contribution in [-0.4, -0.2) is 21.0 Å². The number of aromatic amines is 1. The first-order chi connectivity index (χ1) is 12.5. The maximum absolute atomic E-state index is 12.7. The zero-order valence-electron chi connectivity index (χ0n) is 13.5. The summed E-state index contributed by atoms with van der Waals surface area (Å²) in [4.78, 5) is 21.5. The van der Waals surface area contributed by atoms with Gasteiger partial charge in [-0.05, 0) is 49.4 Å². The van der Waals surface area contributed by atoms with Gasteiger partial charge in [-0.25, -0.2) is 14.7 Å². The van der Waals surface area contributed by atoms with Gasteiger partial charge in [0.2, 0.25) is 5.13 Å². The highest BCUT2D eigenvalue weighted by molar-refractivity contribution is 9.10. The molecule has 0 saturated heterocycles. The molecule has 0 radical (unpaired) electrons. The van der Waals surface area contributed by atoms with E-state index in [1.165, 1.54) is 16.0 Å². The lowest BCUT2D eigenvalue weighted by atomic mass is 10.3. The second kappa shape index (κ2) is 6.83. The van der Waals surface area contributed by atoms with Crippen molar-refractivity contribution in [1.82, 2.24) is 14.8 Å². The minimum atomic E-state index is -0.155. The van der Waals surface area contributed by atoms with Crippen molar-refractivity contribution in [2.24, 2.45) is 4.99 Å². The number of halogens is 2. The van der Waals surface area contributed by atoms with Crippen LogP contribution in [0.3, 0.4) is 0 Å². The molecule has 4 aromatic rings. The summed E-state index contributed by atoms with van der Waals surface area (Å²) in [5, 5.41) is 4.33. The molecular formula is C18H12BrClN4OS. The molecule has 0 amide bonds. The number of nitrogens with zero attached hydrogens (tertiary/aromatic N) is 3. The fourth-order valence-corrected chi connectivity index (χ4v) is 3.90. The summed E-state index contributed by atoms with van der Waals surface area (Å²) in [5.41, 5.74) is 2.69. The van der Waals surface area contributed by atoms with E-state index >= 15 is 0 Å². The summed E-state index contributed by atoms with van der Waals surface area (Å²) in [7, 11) is 0. The number of aromatic nitrogens is 3. The standard InChI is InChI=1S/C18H12BrClN4OS/c1-10-14(17(25)24(23-10)13-5-2-11(19)3-6-13)9-21-18-22-15-7-4-12(20)8-16(15)26-18/h2-9,23H,1H3/b21-9+. The van der Waals surface area contributed by atoms with E-state index in [1.807, 2.05) is 43.3 Å². The normalized spacial score (nSPS) is 11.7. The van der Waals surface area contributed by atoms with Crippen LogP contribution in [-0.2, 0) is 0 Å². The van der Waals surface area contributed by atoms with Gasteiger partial charge in [0.25, 0.3) is 5.56 Å². The van der Waals surface area contributed by atoms with Crippen LogP contribution >= 0.6 is 38.9 Å². The van der Waals surface area contributed by atoms with Crippen LogP contribution in [0.1, 0.15) is 11.3 Å². The maximum Gasteiger partial charge on any atom is 0.280 e. The van der Waals surface area contributed by atoms with Gasteiger partial charge in [0.15, 0.2) is 0 Å². The summed E-state index contributed by atoms with van der Waals surface area (Å²) in [5.74, 6) is 0. The third kappa shape index (κ3) is 3.25. The second-order valence-corrected chi connectivity index (χ2v) is 8.00. The number of hydrogen-bond acceptors (Lipinski definition) is 4. The molecule has 2 aromatic heterocycles. The van der Waals surface area contributed by atoms with E-state index in [9.17, 15) is 4.79 Å². The number of H-pyrrole nitrogens is 1. The number of hydrogen-bond donors (Lipinski definition) is 1. The molecule has 1 N–H and O–H groups in total. The average molecular weight is 448 g/mol. The highest BCUT2D eigenvalue weighted by atomic mass is 79.9. The lowest BCUT2D eigenvalue weighted by Crippen LogP contribution is -2.17. The van der Waals surface area contributed by atoms with E-state index < -0.39 is 0 Å². The molecule has 26 heavy (non-hydrogen) atoms. The lowest BCUT2D eigenvalue weighted by molar-refractivity contribution is 0.835. The van der Waals surface area contributed by atoms with Crippen molar-refractivity contribution < 1.29 is 0 Å². The molecule has 0 aliphatic rings. The van der Waals surface area contributed by atoms with E-state index in [0.717, 1.165) is 26.1 Å². The largest absolute Gasteiger partial charge is 0.295 e. The van der Waals surface area contributed by atoms with Crippen LogP contribution in [0.2, 0.25) is 5.02 Å². The fraction of sp³-hybridized carbons (Fsp3) is 0.0556. The van der Waals surface area contributed by atoms with Gasteiger partial charge in [0.1, 0.15) is 0 Å². The molecule has 2 aromatic carbocycles. The van der Waals surface area contributed by atoms with Gasteiger partial charge in [0.05, 0.1) is 21.5 Å². The topological polar surface area (TPSA) is 63.0 Å². The Morgan fingerprint density at radius 3 is 2.81 bits per heavy atom. The summed E-state index contributed by atoms with van der Waals surface area (Å²) >= 11 is 10.8. The number of fused-ring (bicyclic) bond motifs is 1. The molecule has 0 unspecified atom stereocenters. The minimum Gasteiger partial charge on any atom is -0.295 e. The highest BCUT2D eigenvalue weighted by Crippen LogP contribution is 2.29. The monoisotopic (exact) mass is 446 g/mol. The molecule has 4 rings (SSSR count). The fourth-order valence-electron chi connectivity index (χ4n) is 2.54. The van der Waals surface area contributed by atoms with Gasteiger partial charge in [-0.1, -0.05) is 38.9 Å². The van der Waals surface area contributed by atoms with E-state index in [1.54, 1.807) is 12.3 Å². The van der Waals surface area contributed by atoms with Crippen molar-refractivity contribution in [1.29, 1.82) is 0 Å². The number of aliphatic imine (C=N–C) groups is 1. The molecule has 0 saturated carbocycles. The van der Waals surface area contributed by atoms with Gasteiger partial charge < -0.3 is 0 Å². The quantitative estimate of drug-likeness (QED) is 0.436. The zero-order chi connectivity index (χ0) is 18.3. The molecule has 2 heterocycles. The van der Waals surface area contributed by atoms with Crippen LogP contribution in [0.15, 0.2) is 56.7 Å². The molecular weight excluding hydrogens is 436 g/mol. The van der Waals surface area contributed by atoms with E-state index in [0.29, 0.717) is 15.7 Å². The summed E-state index contributed by atoms with van der Waals surface area (Å²) in [6.45, 7) is 1.84. The number of thiazole rings is 1. The van der Waals surface area contributed by atoms with Gasteiger partial charge in [0, 0.05) is 21.4 Å². The summed E-state index contributed by atoms with van der Waals surface area (Å²) < 4.78 is 3.42. The Bertz CT molecular complexity index is 1190. The van der Waals surface area contributed by atoms with E-state index in [2.05, 4.69) is 31.0 Å². The lowest BCUT2D eigenvalue weighted by Gasteiger charge is -2.00. The molecule has 0 atom stereocenters. The molecule has 0 spiro atoms. The molecule has 130 valence electrons. The van der Waals surface area contributed by atoms with Gasteiger partial charge in [-0.2, -0.15) is 0 Å². The maximum atomic E-state index is 12.7. The Balaban J connectivity index is 1.70. The van der Waals surface area contributed by atoms with Crippen LogP contribution in [0.4, 0.5) is 5.13 Å². The number of benzene rings is 2. The highest BCUT2D eigenvalue weighted by Gasteiger charge is 2.11. The second-order valence-electron chi connectivity index (χ2n) is 5.63. The van der Waals surface area contributed by atoms with Gasteiger partial charge in [-0.3, -0.25) is 9.89 Å². The predicted molar refractivity (Wildman–Crippen MR) is 111 cm³/mol. The van der Waals surface area contributed by atoms with Crippen LogP contribution in [0.5, 0.6) is 0 Å². The van der Waals surface area contributed by atoms with Crippen molar-refractivity contribution in [3.63, 3.8) is 0 Å². The Kier molecular flexibility index (Phi) is 4.52. The van der Waals surface area contributed by atoms with Crippen molar-refractivity contribution in [2.75, 3.05) is 0 Å². The Labute approximate surface area is 166 Å². The molecule has 0 aliphatic carbocycles. The van der Waals surface area contributed by atoms with Crippen LogP contribution < -0.4 is 5.56 Å². The third-order valence-electron chi connectivity index (χ3n) is 3.85. The van der Waals surface area contributed by atoms with Gasteiger partial charge in [-0.15, -0.1) is 0 Å². The first-order valence-electron chi connectivity index (χ1n) is 7.69.